The van der Waals surface area contributed by atoms with Crippen LogP contribution in [0.3, 0.4) is 0 Å². The van der Waals surface area contributed by atoms with Crippen LogP contribution >= 0.6 is 22.5 Å². The van der Waals surface area contributed by atoms with Crippen molar-refractivity contribution in [2.45, 2.75) is 178 Å². The van der Waals surface area contributed by atoms with E-state index in [4.69, 9.17) is 61.7 Å². The lowest BCUT2D eigenvalue weighted by molar-refractivity contribution is -0.132. The number of cyclic esters (lactones) is 2. The van der Waals surface area contributed by atoms with Crippen LogP contribution in [-0.2, 0) is 85.9 Å². The van der Waals surface area contributed by atoms with E-state index in [1.807, 2.05) is 13.8 Å². The summed E-state index contributed by atoms with van der Waals surface area (Å²) in [6.07, 6.45) is 0.935. The van der Waals surface area contributed by atoms with Crippen molar-refractivity contribution in [3.05, 3.63) is 47.5 Å². The molecule has 5 aliphatic rings. The van der Waals surface area contributed by atoms with Crippen LogP contribution in [0.2, 0.25) is 0 Å². The van der Waals surface area contributed by atoms with Gasteiger partial charge in [0.1, 0.15) is 44.0 Å². The molecule has 2 aromatic rings. The first-order valence-corrected chi connectivity index (χ1v) is 44.2. The van der Waals surface area contributed by atoms with Gasteiger partial charge in [-0.15, -0.1) is 11.7 Å². The molecule has 1 unspecified atom stereocenters. The van der Waals surface area contributed by atoms with E-state index in [9.17, 15) is 62.3 Å². The lowest BCUT2D eigenvalue weighted by Gasteiger charge is -2.32. The molecule has 0 saturated carbocycles. The highest BCUT2D eigenvalue weighted by molar-refractivity contribution is 8.69. The van der Waals surface area contributed by atoms with Crippen LogP contribution in [0.25, 0.3) is 0 Å². The summed E-state index contributed by atoms with van der Waals surface area (Å²) in [6, 6.07) is -0.936. The first kappa shape index (κ1) is 102. The summed E-state index contributed by atoms with van der Waals surface area (Å²) in [5.74, 6) is -5.08. The number of anilines is 2. The molecule has 0 radical (unpaired) electrons. The van der Waals surface area contributed by atoms with Crippen LogP contribution in [0.4, 0.5) is 21.0 Å². The number of unbranched alkanes of at least 4 members (excludes halogenated alkanes) is 2. The zero-order chi connectivity index (χ0) is 90.8. The zero-order valence-electron chi connectivity index (χ0n) is 73.1. The molecule has 13 amide bonds. The first-order chi connectivity index (χ1) is 60.1. The molecule has 0 aromatic heterocycles. The van der Waals surface area contributed by atoms with Gasteiger partial charge in [0.25, 0.3) is 11.8 Å². The number of thiol groups is 1. The van der Waals surface area contributed by atoms with Gasteiger partial charge in [0.15, 0.2) is 23.0 Å². The predicted octanol–water partition coefficient (Wildman–Crippen LogP) is 3.18. The van der Waals surface area contributed by atoms with Crippen molar-refractivity contribution in [2.75, 3.05) is 190 Å². The van der Waals surface area contributed by atoms with E-state index in [1.54, 1.807) is 16.7 Å². The van der Waals surface area contributed by atoms with Gasteiger partial charge in [-0.3, -0.25) is 62.5 Å². The fourth-order valence-corrected chi connectivity index (χ4v) is 14.4. The number of hydrogen-bond donors (Lipinski definition) is 10. The standard InChI is InChI=1S/C83H126N14O26S2/c1-53-44-58-52-96-64-48-68(66(113-9)46-59(64)79(107)94(58)50-53)119-29-15-30-120-69-49-65-60(47-67(69)114-10)80(108)95-51-57(93-123-43-42-118-35-26-86-70(98)18-23-83(5,6)125-124)45-63(95)56(4)97(65)82(110)122-34-22-74(102)90-55(3)76(104)92-62(17-12-14-25-85-72(100)20-32-116-41-39-112-8)78(106)88-28-37-117-36-27-87-77(105)61(16-11-13-24-84-71(99)19-31-115-40-38-111-7)91-75(103)54(2)89-73(101)21-33-121-81(96)109/h46-49,54-56,58,61-63,124H,1,11-45,50-52H2,2-10H3,(H,84,99)(H,85,100)(H,86,98)(H,87,105)(H,88,106)(H,89,101)(H,90,102)(H,91,103)(H,92,104)/b93-57+/t54-,55-,56?,58-,61-,62-,63-/m0/s1. The summed E-state index contributed by atoms with van der Waals surface area (Å²) in [7, 11) is 7.23. The molecule has 125 heavy (non-hydrogen) atoms. The predicted molar refractivity (Wildman–Crippen MR) is 462 cm³/mol. The Morgan fingerprint density at radius 1 is 0.560 bits per heavy atom. The van der Waals surface area contributed by atoms with E-state index < -0.39 is 128 Å². The third-order valence-corrected chi connectivity index (χ3v) is 23.0. The zero-order valence-corrected chi connectivity index (χ0v) is 74.8. The van der Waals surface area contributed by atoms with Crippen LogP contribution in [-0.4, -0.2) is 320 Å². The Morgan fingerprint density at radius 3 is 1.61 bits per heavy atom. The van der Waals surface area contributed by atoms with Crippen LogP contribution in [0.5, 0.6) is 23.0 Å². The van der Waals surface area contributed by atoms with Crippen molar-refractivity contribution < 1.29 is 124 Å². The highest BCUT2D eigenvalue weighted by Gasteiger charge is 2.47. The summed E-state index contributed by atoms with van der Waals surface area (Å²) < 4.78 is 68.0. The Morgan fingerprint density at radius 2 is 1.06 bits per heavy atom. The average Bonchev–Trinajstić information content (AvgIpc) is 1.61. The third kappa shape index (κ3) is 33.7. The number of methoxy groups -OCH3 is 4. The number of amides is 13. The van der Waals surface area contributed by atoms with E-state index in [-0.39, 0.29) is 218 Å². The Bertz CT molecular complexity index is 3990. The molecular formula is C83H126N14O26S2. The maximum atomic E-state index is 15.0. The average molecular weight is 1800 g/mol. The summed E-state index contributed by atoms with van der Waals surface area (Å²) in [6.45, 7) is 14.5. The molecule has 0 spiro atoms. The number of rotatable bonds is 35. The van der Waals surface area contributed by atoms with Gasteiger partial charge in [-0.1, -0.05) is 28.1 Å². The van der Waals surface area contributed by atoms with Gasteiger partial charge in [0.2, 0.25) is 53.2 Å². The first-order valence-electron chi connectivity index (χ1n) is 42.3. The van der Waals surface area contributed by atoms with Crippen molar-refractivity contribution in [3.8, 4) is 23.0 Å². The summed E-state index contributed by atoms with van der Waals surface area (Å²) in [4.78, 5) is 191. The maximum absolute atomic E-state index is 15.0. The Kier molecular flexibility index (Phi) is 44.2. The van der Waals surface area contributed by atoms with Gasteiger partial charge in [-0.2, -0.15) is 0 Å². The van der Waals surface area contributed by atoms with Crippen LogP contribution in [0, 0.1) is 0 Å². The van der Waals surface area contributed by atoms with Crippen LogP contribution < -0.4 is 76.6 Å². The smallest absolute Gasteiger partial charge is 0.414 e. The maximum Gasteiger partial charge on any atom is 0.414 e. The quantitative estimate of drug-likeness (QED) is 0.0156. The largest absolute Gasteiger partial charge is 0.493 e. The van der Waals surface area contributed by atoms with Gasteiger partial charge in [-0.05, 0) is 98.1 Å². The highest BCUT2D eigenvalue weighted by Crippen LogP contribution is 2.44. The summed E-state index contributed by atoms with van der Waals surface area (Å²) in [5, 5.41) is 29.0. The lowest BCUT2D eigenvalue weighted by atomic mass is 10.1. The third-order valence-electron chi connectivity index (χ3n) is 20.8. The van der Waals surface area contributed by atoms with Crippen molar-refractivity contribution in [1.29, 1.82) is 0 Å². The van der Waals surface area contributed by atoms with E-state index in [1.165, 1.54) is 87.1 Å². The van der Waals surface area contributed by atoms with Crippen molar-refractivity contribution in [1.82, 2.24) is 57.7 Å². The Labute approximate surface area is 738 Å². The monoisotopic (exact) mass is 1800 g/mol. The molecule has 7 rings (SSSR count). The van der Waals surface area contributed by atoms with Gasteiger partial charge >= 0.3 is 12.2 Å². The SMILES string of the molecule is C=C1C[C@H]2CN3C(=O)OCCC(=O)N[C@@H](C)C(=O)N[C@@H](CCCCNC(=O)CCOCCOC)C(=O)NCCOCCNC(=O)[C@H](CCCCNC(=O)CCOCCOC)NC(=O)[C@H](C)NC(=O)CCOC(=O)N4c5cc(c(OC)cc5C(=O)N5C/C(=N/OCCOCCNC(=O)CCC(C)(C)SS)C[C@H]5C4C)OCCCOc4cc3c(cc4OC)C(=O)N2C1. The number of nitrogens with one attached hydrogen (secondary N) is 9. The van der Waals surface area contributed by atoms with E-state index in [2.05, 4.69) is 71.2 Å². The lowest BCUT2D eigenvalue weighted by Crippen LogP contribution is -2.53. The minimum atomic E-state index is -1.24. The van der Waals surface area contributed by atoms with Gasteiger partial charge in [-0.25, -0.2) is 9.59 Å². The number of hydrogen-bond acceptors (Lipinski definition) is 29. The second-order valence-corrected chi connectivity index (χ2v) is 32.7. The number of oxime groups is 1. The molecule has 696 valence electrons. The Balaban J connectivity index is 1.10. The molecule has 2 saturated heterocycles. The van der Waals surface area contributed by atoms with Gasteiger partial charge < -0.3 is 119 Å². The van der Waals surface area contributed by atoms with Gasteiger partial charge in [0.05, 0.1) is 166 Å². The molecule has 2 fully saturated rings. The molecule has 9 N–H and O–H groups in total. The molecular weight excluding hydrogens is 1670 g/mol. The second kappa shape index (κ2) is 54.1. The number of carbonyl (C=O) groups is 13. The minimum absolute atomic E-state index is 0.00340. The number of benzene rings is 2. The molecule has 7 atom stereocenters. The molecule has 42 heteroatoms. The van der Waals surface area contributed by atoms with E-state index in [0.29, 0.717) is 77.1 Å². The molecule has 5 aliphatic heterocycles. The molecule has 0 aliphatic carbocycles. The van der Waals surface area contributed by atoms with Crippen LogP contribution in [0.1, 0.15) is 152 Å². The molecule has 40 nitrogen and oxygen atoms in total. The minimum Gasteiger partial charge on any atom is -0.493 e. The number of ether oxygens (including phenoxy) is 12. The Hall–Kier alpha value is -9.98. The van der Waals surface area contributed by atoms with Crippen LogP contribution in [0.15, 0.2) is 41.6 Å². The van der Waals surface area contributed by atoms with E-state index in [0.717, 1.165) is 5.57 Å². The molecule has 4 bridgehead atoms. The topological polar surface area (TPSA) is 475 Å². The van der Waals surface area contributed by atoms with Crippen molar-refractivity contribution >= 4 is 117 Å². The van der Waals surface area contributed by atoms with Crippen molar-refractivity contribution in [2.24, 2.45) is 5.16 Å². The normalized spacial score (nSPS) is 21.4. The summed E-state index contributed by atoms with van der Waals surface area (Å²) in [5.41, 5.74) is 1.54. The number of fused-ring (bicyclic) bond motifs is 4. The highest BCUT2D eigenvalue weighted by atomic mass is 33.1. The second-order valence-electron chi connectivity index (χ2n) is 30.9. The number of carbonyl (C=O) groups excluding carboxylic acids is 13. The molecule has 2 aromatic carbocycles. The fraction of sp³-hybridized carbons (Fsp3) is 0.663. The summed E-state index contributed by atoms with van der Waals surface area (Å²) >= 11 is 4.28. The molecule has 5 heterocycles. The van der Waals surface area contributed by atoms with Gasteiger partial charge in [0, 0.05) is 102 Å². The number of nitrogens with zero attached hydrogens (tertiary/aromatic N) is 5. The van der Waals surface area contributed by atoms with E-state index >= 15 is 0 Å². The fourth-order valence-electron chi connectivity index (χ4n) is 13.9. The van der Waals surface area contributed by atoms with Crippen molar-refractivity contribution in [3.63, 3.8) is 0 Å².